The van der Waals surface area contributed by atoms with Crippen LogP contribution in [0.25, 0.3) is 10.9 Å². The van der Waals surface area contributed by atoms with E-state index in [9.17, 15) is 14.9 Å². The van der Waals surface area contributed by atoms with Gasteiger partial charge in [0.05, 0.1) is 11.1 Å². The Morgan fingerprint density at radius 3 is 2.93 bits per heavy atom. The summed E-state index contributed by atoms with van der Waals surface area (Å²) in [6, 6.07) is 13.0. The highest BCUT2D eigenvalue weighted by molar-refractivity contribution is 6.33. The van der Waals surface area contributed by atoms with Gasteiger partial charge in [0.1, 0.15) is 11.3 Å². The maximum absolute atomic E-state index is 11.9. The number of rotatable bonds is 6. The van der Waals surface area contributed by atoms with Gasteiger partial charge in [0.25, 0.3) is 11.6 Å². The SMILES string of the molecule is O=C(COc1cccc2cccnc12)N/N=C/c1cc([N+](=O)[O-])ccc1Cl. The molecule has 9 heteroatoms. The average Bonchev–Trinajstić information content (AvgIpc) is 2.67. The summed E-state index contributed by atoms with van der Waals surface area (Å²) in [5.41, 5.74) is 3.12. The molecule has 2 aromatic carbocycles. The molecule has 0 aliphatic rings. The standard InChI is InChI=1S/C18H13ClN4O4/c19-15-7-6-14(23(25)26)9-13(15)10-21-22-17(24)11-27-16-5-1-3-12-4-2-8-20-18(12)16/h1-10H,11H2,(H,22,24)/b21-10+. The van der Waals surface area contributed by atoms with Crippen molar-refractivity contribution in [1.82, 2.24) is 10.4 Å². The van der Waals surface area contributed by atoms with E-state index in [1.165, 1.54) is 24.4 Å². The lowest BCUT2D eigenvalue weighted by Gasteiger charge is -2.07. The Morgan fingerprint density at radius 2 is 2.11 bits per heavy atom. The van der Waals surface area contributed by atoms with Crippen molar-refractivity contribution in [1.29, 1.82) is 0 Å². The fourth-order valence-electron chi connectivity index (χ4n) is 2.29. The zero-order valence-corrected chi connectivity index (χ0v) is 14.6. The van der Waals surface area contributed by atoms with Gasteiger partial charge in [-0.25, -0.2) is 5.43 Å². The predicted molar refractivity (Wildman–Crippen MR) is 101 cm³/mol. The molecule has 1 aromatic heterocycles. The first-order chi connectivity index (χ1) is 13.0. The minimum Gasteiger partial charge on any atom is -0.481 e. The van der Waals surface area contributed by atoms with E-state index in [4.69, 9.17) is 16.3 Å². The summed E-state index contributed by atoms with van der Waals surface area (Å²) in [5.74, 6) is -0.0188. The second kappa shape index (κ2) is 8.24. The number of pyridine rings is 1. The summed E-state index contributed by atoms with van der Waals surface area (Å²) in [7, 11) is 0. The van der Waals surface area contributed by atoms with Gasteiger partial charge in [-0.3, -0.25) is 19.9 Å². The molecule has 0 saturated carbocycles. The second-order valence-corrected chi connectivity index (χ2v) is 5.78. The zero-order chi connectivity index (χ0) is 19.2. The monoisotopic (exact) mass is 384 g/mol. The van der Waals surface area contributed by atoms with Crippen LogP contribution in [0.3, 0.4) is 0 Å². The van der Waals surface area contributed by atoms with Crippen LogP contribution in [0.4, 0.5) is 5.69 Å². The van der Waals surface area contributed by atoms with Gasteiger partial charge in [0.2, 0.25) is 0 Å². The quantitative estimate of drug-likeness (QED) is 0.398. The third-order valence-corrected chi connectivity index (χ3v) is 3.88. The highest BCUT2D eigenvalue weighted by Crippen LogP contribution is 2.23. The molecule has 0 fully saturated rings. The smallest absolute Gasteiger partial charge is 0.277 e. The maximum atomic E-state index is 11.9. The molecule has 1 N–H and O–H groups in total. The van der Waals surface area contributed by atoms with E-state index in [1.54, 1.807) is 18.3 Å². The highest BCUT2D eigenvalue weighted by Gasteiger charge is 2.09. The van der Waals surface area contributed by atoms with E-state index in [1.807, 2.05) is 18.2 Å². The first-order valence-electron chi connectivity index (χ1n) is 7.77. The van der Waals surface area contributed by atoms with Gasteiger partial charge in [-0.05, 0) is 18.2 Å². The number of hydrogen-bond acceptors (Lipinski definition) is 6. The number of non-ortho nitro benzene ring substituents is 1. The van der Waals surface area contributed by atoms with Crippen molar-refractivity contribution in [3.8, 4) is 5.75 Å². The number of ether oxygens (including phenoxy) is 1. The normalized spacial score (nSPS) is 10.9. The van der Waals surface area contributed by atoms with Gasteiger partial charge in [-0.15, -0.1) is 0 Å². The summed E-state index contributed by atoms with van der Waals surface area (Å²) in [4.78, 5) is 26.4. The molecule has 0 bridgehead atoms. The third kappa shape index (κ3) is 4.56. The largest absolute Gasteiger partial charge is 0.481 e. The van der Waals surface area contributed by atoms with Crippen molar-refractivity contribution < 1.29 is 14.5 Å². The molecular formula is C18H13ClN4O4. The topological polar surface area (TPSA) is 107 Å². The van der Waals surface area contributed by atoms with Gasteiger partial charge in [-0.2, -0.15) is 5.10 Å². The van der Waals surface area contributed by atoms with E-state index < -0.39 is 10.8 Å². The first-order valence-corrected chi connectivity index (χ1v) is 8.15. The van der Waals surface area contributed by atoms with Crippen molar-refractivity contribution in [3.63, 3.8) is 0 Å². The molecule has 8 nitrogen and oxygen atoms in total. The molecule has 0 atom stereocenters. The lowest BCUT2D eigenvalue weighted by atomic mass is 10.2. The molecule has 3 rings (SSSR count). The Balaban J connectivity index is 1.61. The molecular weight excluding hydrogens is 372 g/mol. The Kier molecular flexibility index (Phi) is 5.58. The van der Waals surface area contributed by atoms with Crippen LogP contribution in [-0.4, -0.2) is 28.6 Å². The summed E-state index contributed by atoms with van der Waals surface area (Å²) in [6.45, 7) is -0.268. The number of nitrogens with zero attached hydrogens (tertiary/aromatic N) is 3. The number of aromatic nitrogens is 1. The van der Waals surface area contributed by atoms with Gasteiger partial charge < -0.3 is 4.74 Å². The molecule has 3 aromatic rings. The molecule has 0 unspecified atom stereocenters. The number of hydrogen-bond donors (Lipinski definition) is 1. The molecule has 1 heterocycles. The molecule has 136 valence electrons. The van der Waals surface area contributed by atoms with Crippen molar-refractivity contribution >= 4 is 40.3 Å². The van der Waals surface area contributed by atoms with Crippen LogP contribution in [0.5, 0.6) is 5.75 Å². The van der Waals surface area contributed by atoms with E-state index in [0.29, 0.717) is 16.8 Å². The second-order valence-electron chi connectivity index (χ2n) is 5.38. The summed E-state index contributed by atoms with van der Waals surface area (Å²) >= 11 is 5.95. The van der Waals surface area contributed by atoms with Crippen LogP contribution < -0.4 is 10.2 Å². The van der Waals surface area contributed by atoms with Gasteiger partial charge in [-0.1, -0.05) is 29.8 Å². The molecule has 27 heavy (non-hydrogen) atoms. The van der Waals surface area contributed by atoms with Gasteiger partial charge in [0.15, 0.2) is 6.61 Å². The number of fused-ring (bicyclic) bond motifs is 1. The zero-order valence-electron chi connectivity index (χ0n) is 13.8. The number of hydrazone groups is 1. The fraction of sp³-hybridized carbons (Fsp3) is 0.0556. The lowest BCUT2D eigenvalue weighted by molar-refractivity contribution is -0.384. The van der Waals surface area contributed by atoms with Crippen LogP contribution in [0, 0.1) is 10.1 Å². The molecule has 0 aliphatic heterocycles. The van der Waals surface area contributed by atoms with Crippen LogP contribution in [0.1, 0.15) is 5.56 Å². The number of nitrogens with one attached hydrogen (secondary N) is 1. The summed E-state index contributed by atoms with van der Waals surface area (Å²) in [5, 5.41) is 15.7. The third-order valence-electron chi connectivity index (χ3n) is 3.54. The maximum Gasteiger partial charge on any atom is 0.277 e. The van der Waals surface area contributed by atoms with Crippen LogP contribution in [0.2, 0.25) is 5.02 Å². The molecule has 0 radical (unpaired) electrons. The highest BCUT2D eigenvalue weighted by atomic mass is 35.5. The van der Waals surface area contributed by atoms with Crippen molar-refractivity contribution in [2.24, 2.45) is 5.10 Å². The molecule has 0 aliphatic carbocycles. The van der Waals surface area contributed by atoms with Crippen molar-refractivity contribution in [2.45, 2.75) is 0 Å². The average molecular weight is 385 g/mol. The van der Waals surface area contributed by atoms with E-state index in [0.717, 1.165) is 5.39 Å². The van der Waals surface area contributed by atoms with Crippen molar-refractivity contribution in [2.75, 3.05) is 6.61 Å². The molecule has 0 saturated heterocycles. The minimum absolute atomic E-state index is 0.126. The number of carbonyl (C=O) groups is 1. The van der Waals surface area contributed by atoms with E-state index in [2.05, 4.69) is 15.5 Å². The van der Waals surface area contributed by atoms with Crippen LogP contribution in [0.15, 0.2) is 59.8 Å². The molecule has 0 spiro atoms. The van der Waals surface area contributed by atoms with E-state index >= 15 is 0 Å². The summed E-state index contributed by atoms with van der Waals surface area (Å²) < 4.78 is 5.49. The number of nitro benzene ring substituents is 1. The Labute approximate surface area is 158 Å². The number of nitro groups is 1. The number of carbonyl (C=O) groups excluding carboxylic acids is 1. The Hall–Kier alpha value is -3.52. The van der Waals surface area contributed by atoms with Crippen LogP contribution >= 0.6 is 11.6 Å². The number of para-hydroxylation sites is 1. The summed E-state index contributed by atoms with van der Waals surface area (Å²) in [6.07, 6.45) is 2.87. The number of benzene rings is 2. The Morgan fingerprint density at radius 1 is 1.30 bits per heavy atom. The molecule has 1 amide bonds. The van der Waals surface area contributed by atoms with Gasteiger partial charge >= 0.3 is 0 Å². The van der Waals surface area contributed by atoms with E-state index in [-0.39, 0.29) is 17.3 Å². The van der Waals surface area contributed by atoms with Crippen molar-refractivity contribution in [3.05, 3.63) is 75.4 Å². The first kappa shape index (κ1) is 18.3. The van der Waals surface area contributed by atoms with Gasteiger partial charge in [0, 0.05) is 34.3 Å². The predicted octanol–water partition coefficient (Wildman–Crippen LogP) is 3.33. The fourth-order valence-corrected chi connectivity index (χ4v) is 2.45. The number of amides is 1. The number of halogens is 1. The lowest BCUT2D eigenvalue weighted by Crippen LogP contribution is -2.24. The minimum atomic E-state index is -0.543. The van der Waals surface area contributed by atoms with Crippen LogP contribution in [-0.2, 0) is 4.79 Å². The Bertz CT molecular complexity index is 1030.